The molecule has 0 unspecified atom stereocenters. The zero-order chi connectivity index (χ0) is 25.5. The Balaban J connectivity index is 2.05. The monoisotopic (exact) mass is 468 g/mol. The van der Waals surface area contributed by atoms with Crippen LogP contribution in [0.25, 0.3) is 0 Å². The number of carbonyl (C=O) groups is 2. The van der Waals surface area contributed by atoms with E-state index in [2.05, 4.69) is 10.6 Å². The number of carbonyl (C=O) groups excluding carboxylic acids is 2. The summed E-state index contributed by atoms with van der Waals surface area (Å²) < 4.78 is 0. The maximum Gasteiger partial charge on any atom is 0.240 e. The smallest absolute Gasteiger partial charge is 0.240 e. The van der Waals surface area contributed by atoms with Crippen LogP contribution in [0.3, 0.4) is 0 Å². The first-order chi connectivity index (χ1) is 15.9. The first kappa shape index (κ1) is 27.3. The van der Waals surface area contributed by atoms with E-state index >= 15 is 0 Å². The SMILES string of the molecule is CC(C)[C@H](NC[C@@H](N)Cc1ccccc1)C(=O)N[C@@H](Cc1ccc(O)c(C(C)(C)C)c1)C(N)=O. The maximum absolute atomic E-state index is 13.1. The van der Waals surface area contributed by atoms with Crippen LogP contribution in [0, 0.1) is 5.92 Å². The molecule has 0 saturated carbocycles. The minimum absolute atomic E-state index is 0.0152. The Kier molecular flexibility index (Phi) is 9.65. The fraction of sp³-hybridized carbons (Fsp3) is 0.481. The number of amides is 2. The van der Waals surface area contributed by atoms with E-state index < -0.39 is 18.0 Å². The number of phenols is 1. The van der Waals surface area contributed by atoms with Crippen molar-refractivity contribution in [1.29, 1.82) is 0 Å². The molecule has 7 nitrogen and oxygen atoms in total. The number of rotatable bonds is 11. The van der Waals surface area contributed by atoms with Crippen LogP contribution < -0.4 is 22.1 Å². The summed E-state index contributed by atoms with van der Waals surface area (Å²) >= 11 is 0. The average Bonchev–Trinajstić information content (AvgIpc) is 2.74. The Labute approximate surface area is 203 Å². The van der Waals surface area contributed by atoms with Gasteiger partial charge in [-0.25, -0.2) is 0 Å². The highest BCUT2D eigenvalue weighted by Gasteiger charge is 2.27. The highest BCUT2D eigenvalue weighted by atomic mass is 16.3. The van der Waals surface area contributed by atoms with E-state index in [-0.39, 0.29) is 35.5 Å². The standard InChI is InChI=1S/C27H40N4O3/c1-17(2)24(30-16-20(28)13-18-9-7-6-8-10-18)26(34)31-22(25(29)33)15-19-11-12-23(32)21(14-19)27(3,4)5/h6-12,14,17,20,22,24,30,32H,13,15-16,28H2,1-5H3,(H2,29,33)(H,31,34)/t20-,22-,24-/m0/s1. The van der Waals surface area contributed by atoms with Crippen molar-refractivity contribution in [3.05, 3.63) is 65.2 Å². The molecule has 0 spiro atoms. The maximum atomic E-state index is 13.1. The van der Waals surface area contributed by atoms with Crippen LogP contribution in [0.4, 0.5) is 0 Å². The Morgan fingerprint density at radius 1 is 1.00 bits per heavy atom. The van der Waals surface area contributed by atoms with Gasteiger partial charge in [-0.15, -0.1) is 0 Å². The molecule has 186 valence electrons. The second kappa shape index (κ2) is 12.0. The van der Waals surface area contributed by atoms with Gasteiger partial charge in [0.05, 0.1) is 6.04 Å². The van der Waals surface area contributed by atoms with E-state index in [0.29, 0.717) is 13.0 Å². The van der Waals surface area contributed by atoms with Gasteiger partial charge in [-0.2, -0.15) is 0 Å². The van der Waals surface area contributed by atoms with Crippen LogP contribution in [0.15, 0.2) is 48.5 Å². The molecule has 0 saturated heterocycles. The lowest BCUT2D eigenvalue weighted by Crippen LogP contribution is -2.55. The van der Waals surface area contributed by atoms with E-state index in [1.807, 2.05) is 71.0 Å². The molecule has 2 amide bonds. The lowest BCUT2D eigenvalue weighted by molar-refractivity contribution is -0.129. The number of hydrogen-bond acceptors (Lipinski definition) is 5. The number of nitrogens with one attached hydrogen (secondary N) is 2. The van der Waals surface area contributed by atoms with Crippen LogP contribution in [-0.4, -0.2) is 41.6 Å². The summed E-state index contributed by atoms with van der Waals surface area (Å²) in [6.45, 7) is 10.3. The van der Waals surface area contributed by atoms with Gasteiger partial charge in [0.1, 0.15) is 11.8 Å². The van der Waals surface area contributed by atoms with Crippen molar-refractivity contribution in [2.45, 2.75) is 71.0 Å². The quantitative estimate of drug-likeness (QED) is 0.346. The molecule has 3 atom stereocenters. The van der Waals surface area contributed by atoms with Gasteiger partial charge >= 0.3 is 0 Å². The largest absolute Gasteiger partial charge is 0.508 e. The second-order valence-electron chi connectivity index (χ2n) is 10.3. The zero-order valence-electron chi connectivity index (χ0n) is 21.0. The molecule has 0 radical (unpaired) electrons. The second-order valence-corrected chi connectivity index (χ2v) is 10.3. The Hall–Kier alpha value is -2.90. The molecule has 7 N–H and O–H groups in total. The third kappa shape index (κ3) is 8.15. The number of benzene rings is 2. The highest BCUT2D eigenvalue weighted by molar-refractivity contribution is 5.89. The van der Waals surface area contributed by atoms with Gasteiger partial charge in [-0.1, -0.05) is 77.1 Å². The van der Waals surface area contributed by atoms with Crippen molar-refractivity contribution in [3.63, 3.8) is 0 Å². The molecule has 2 aromatic rings. The molecule has 2 aromatic carbocycles. The minimum atomic E-state index is -0.870. The van der Waals surface area contributed by atoms with Gasteiger partial charge in [-0.05, 0) is 40.5 Å². The summed E-state index contributed by atoms with van der Waals surface area (Å²) in [5.74, 6) is -0.715. The third-order valence-electron chi connectivity index (χ3n) is 5.86. The highest BCUT2D eigenvalue weighted by Crippen LogP contribution is 2.31. The Bertz CT molecular complexity index is 954. The van der Waals surface area contributed by atoms with Gasteiger partial charge in [0, 0.05) is 19.0 Å². The van der Waals surface area contributed by atoms with E-state index in [4.69, 9.17) is 11.5 Å². The van der Waals surface area contributed by atoms with Crippen molar-refractivity contribution in [2.75, 3.05) is 6.54 Å². The summed E-state index contributed by atoms with van der Waals surface area (Å²) in [4.78, 5) is 25.2. The fourth-order valence-corrected chi connectivity index (χ4v) is 3.93. The van der Waals surface area contributed by atoms with E-state index in [9.17, 15) is 14.7 Å². The molecule has 2 rings (SSSR count). The van der Waals surface area contributed by atoms with E-state index in [1.165, 1.54) is 0 Å². The normalized spacial score (nSPS) is 14.4. The van der Waals surface area contributed by atoms with E-state index in [1.54, 1.807) is 12.1 Å². The summed E-state index contributed by atoms with van der Waals surface area (Å²) in [6.07, 6.45) is 0.934. The topological polar surface area (TPSA) is 130 Å². The first-order valence-electron chi connectivity index (χ1n) is 11.8. The molecule has 0 heterocycles. The molecule has 7 heteroatoms. The van der Waals surface area contributed by atoms with Gasteiger partial charge in [0.25, 0.3) is 0 Å². The first-order valence-corrected chi connectivity index (χ1v) is 11.8. The minimum Gasteiger partial charge on any atom is -0.508 e. The number of primary amides is 1. The molecule has 0 aromatic heterocycles. The third-order valence-corrected chi connectivity index (χ3v) is 5.86. The molecule has 0 bridgehead atoms. The summed E-state index contributed by atoms with van der Waals surface area (Å²) in [5, 5.41) is 16.3. The zero-order valence-corrected chi connectivity index (χ0v) is 21.0. The van der Waals surface area contributed by atoms with Crippen molar-refractivity contribution in [1.82, 2.24) is 10.6 Å². The molecule has 0 fully saturated rings. The van der Waals surface area contributed by atoms with Crippen LogP contribution in [0.5, 0.6) is 5.75 Å². The van der Waals surface area contributed by atoms with Gasteiger partial charge in [0.2, 0.25) is 11.8 Å². The number of aromatic hydroxyl groups is 1. The summed E-state index contributed by atoms with van der Waals surface area (Å²) in [5.41, 5.74) is 14.4. The molecular weight excluding hydrogens is 428 g/mol. The van der Waals surface area contributed by atoms with E-state index in [0.717, 1.165) is 16.7 Å². The van der Waals surface area contributed by atoms with Crippen LogP contribution in [0.1, 0.15) is 51.3 Å². The van der Waals surface area contributed by atoms with Crippen molar-refractivity contribution in [3.8, 4) is 5.75 Å². The van der Waals surface area contributed by atoms with Gasteiger partial charge in [-0.3, -0.25) is 9.59 Å². The average molecular weight is 469 g/mol. The number of nitrogens with two attached hydrogens (primary N) is 2. The van der Waals surface area contributed by atoms with Gasteiger partial charge in [0.15, 0.2) is 0 Å². The van der Waals surface area contributed by atoms with Gasteiger partial charge < -0.3 is 27.2 Å². The predicted octanol–water partition coefficient (Wildman–Crippen LogP) is 2.39. The molecular formula is C27H40N4O3. The predicted molar refractivity (Wildman–Crippen MR) is 136 cm³/mol. The number of hydrogen-bond donors (Lipinski definition) is 5. The van der Waals surface area contributed by atoms with Crippen molar-refractivity contribution in [2.24, 2.45) is 17.4 Å². The Morgan fingerprint density at radius 2 is 1.65 bits per heavy atom. The summed E-state index contributed by atoms with van der Waals surface area (Å²) in [6, 6.07) is 13.6. The molecule has 0 aliphatic rings. The van der Waals surface area contributed by atoms with Crippen LogP contribution in [0.2, 0.25) is 0 Å². The molecule has 0 aliphatic heterocycles. The van der Waals surface area contributed by atoms with Crippen molar-refractivity contribution < 1.29 is 14.7 Å². The van der Waals surface area contributed by atoms with Crippen LogP contribution in [-0.2, 0) is 27.8 Å². The van der Waals surface area contributed by atoms with Crippen LogP contribution >= 0.6 is 0 Å². The number of phenolic OH excluding ortho intramolecular Hbond substituents is 1. The summed E-state index contributed by atoms with van der Waals surface area (Å²) in [7, 11) is 0. The Morgan fingerprint density at radius 3 is 2.21 bits per heavy atom. The fourth-order valence-electron chi connectivity index (χ4n) is 3.93. The van der Waals surface area contributed by atoms with Crippen molar-refractivity contribution >= 4 is 11.8 Å². The molecule has 0 aliphatic carbocycles. The lowest BCUT2D eigenvalue weighted by atomic mass is 9.84. The lowest BCUT2D eigenvalue weighted by Gasteiger charge is -2.26. The molecule has 34 heavy (non-hydrogen) atoms.